The molecule has 0 aromatic carbocycles. The van der Waals surface area contributed by atoms with Crippen LogP contribution in [0.4, 0.5) is 0 Å². The van der Waals surface area contributed by atoms with Crippen LogP contribution in [0.2, 0.25) is 0 Å². The minimum absolute atomic E-state index is 0.104. The zero-order chi connectivity index (χ0) is 10.4. The van der Waals surface area contributed by atoms with Crippen LogP contribution in [0, 0.1) is 0 Å². The molecule has 1 heterocycles. The maximum atomic E-state index is 11.5. The predicted octanol–water partition coefficient (Wildman–Crippen LogP) is 0.339. The predicted molar refractivity (Wildman–Crippen MR) is 51.7 cm³/mol. The number of hydrogen-bond acceptors (Lipinski definition) is 3. The van der Waals surface area contributed by atoms with Gasteiger partial charge in [0, 0.05) is 25.9 Å². The van der Waals surface area contributed by atoms with Gasteiger partial charge in [-0.1, -0.05) is 0 Å². The summed E-state index contributed by atoms with van der Waals surface area (Å²) in [6.45, 7) is 1.15. The summed E-state index contributed by atoms with van der Waals surface area (Å²) in [5.74, 6) is 0.104. The van der Waals surface area contributed by atoms with Gasteiger partial charge in [0.2, 0.25) is 5.91 Å². The van der Waals surface area contributed by atoms with E-state index in [1.807, 2.05) is 0 Å². The lowest BCUT2D eigenvalue weighted by atomic mass is 10.2. The lowest BCUT2D eigenvalue weighted by molar-refractivity contribution is -0.130. The summed E-state index contributed by atoms with van der Waals surface area (Å²) >= 11 is 0. The highest BCUT2D eigenvalue weighted by Crippen LogP contribution is 2.11. The van der Waals surface area contributed by atoms with Crippen molar-refractivity contribution in [2.45, 2.75) is 38.2 Å². The summed E-state index contributed by atoms with van der Waals surface area (Å²) in [4.78, 5) is 23.2. The van der Waals surface area contributed by atoms with Crippen molar-refractivity contribution in [3.8, 4) is 0 Å². The van der Waals surface area contributed by atoms with Gasteiger partial charge in [0.25, 0.3) is 0 Å². The van der Waals surface area contributed by atoms with E-state index in [2.05, 4.69) is 0 Å². The monoisotopic (exact) mass is 199 g/mol. The maximum Gasteiger partial charge on any atom is 0.222 e. The molecule has 1 aliphatic rings. The van der Waals surface area contributed by atoms with Crippen molar-refractivity contribution in [2.24, 2.45) is 0 Å². The second kappa shape index (κ2) is 5.75. The summed E-state index contributed by atoms with van der Waals surface area (Å²) in [7, 11) is 0. The van der Waals surface area contributed by atoms with Crippen molar-refractivity contribution >= 4 is 12.2 Å². The molecular weight excluding hydrogens is 182 g/mol. The standard InChI is InChI=1S/C10H17NO3/c12-7-3-1-2-4-10(14)11-6-5-9(13)8-11/h7,9,13H,1-6,8H2/t9-/m0/s1. The van der Waals surface area contributed by atoms with E-state index in [0.29, 0.717) is 32.4 Å². The first kappa shape index (κ1) is 11.2. The summed E-state index contributed by atoms with van der Waals surface area (Å²) < 4.78 is 0. The second-order valence-electron chi connectivity index (χ2n) is 3.69. The Hall–Kier alpha value is -0.900. The number of hydrogen-bond donors (Lipinski definition) is 1. The van der Waals surface area contributed by atoms with E-state index in [0.717, 1.165) is 19.1 Å². The SMILES string of the molecule is O=CCCCCC(=O)N1CC[C@H](O)C1. The van der Waals surface area contributed by atoms with E-state index in [9.17, 15) is 14.7 Å². The first-order valence-electron chi connectivity index (χ1n) is 5.13. The van der Waals surface area contributed by atoms with Crippen LogP contribution in [0.5, 0.6) is 0 Å². The van der Waals surface area contributed by atoms with Gasteiger partial charge in [0.05, 0.1) is 6.10 Å². The summed E-state index contributed by atoms with van der Waals surface area (Å²) in [6.07, 6.45) is 3.82. The van der Waals surface area contributed by atoms with Gasteiger partial charge < -0.3 is 14.8 Å². The molecule has 4 heteroatoms. The van der Waals surface area contributed by atoms with Crippen LogP contribution in [0.3, 0.4) is 0 Å². The third kappa shape index (κ3) is 3.46. The Morgan fingerprint density at radius 2 is 2.29 bits per heavy atom. The zero-order valence-electron chi connectivity index (χ0n) is 8.32. The molecule has 4 nitrogen and oxygen atoms in total. The summed E-state index contributed by atoms with van der Waals surface area (Å²) in [6, 6.07) is 0. The van der Waals surface area contributed by atoms with Crippen LogP contribution in [-0.2, 0) is 9.59 Å². The number of likely N-dealkylation sites (tertiary alicyclic amines) is 1. The van der Waals surface area contributed by atoms with E-state index in [1.54, 1.807) is 4.90 Å². The Morgan fingerprint density at radius 3 is 2.86 bits per heavy atom. The fourth-order valence-corrected chi connectivity index (χ4v) is 1.63. The van der Waals surface area contributed by atoms with Crippen molar-refractivity contribution in [3.63, 3.8) is 0 Å². The Balaban J connectivity index is 2.12. The van der Waals surface area contributed by atoms with E-state index >= 15 is 0 Å². The van der Waals surface area contributed by atoms with Gasteiger partial charge in [-0.15, -0.1) is 0 Å². The molecule has 1 saturated heterocycles. The second-order valence-corrected chi connectivity index (χ2v) is 3.69. The zero-order valence-corrected chi connectivity index (χ0v) is 8.32. The first-order chi connectivity index (χ1) is 6.74. The molecule has 80 valence electrons. The van der Waals surface area contributed by atoms with Crippen LogP contribution >= 0.6 is 0 Å². The number of rotatable bonds is 5. The van der Waals surface area contributed by atoms with Crippen LogP contribution < -0.4 is 0 Å². The number of nitrogens with zero attached hydrogens (tertiary/aromatic N) is 1. The lowest BCUT2D eigenvalue weighted by Gasteiger charge is -2.14. The van der Waals surface area contributed by atoms with Crippen LogP contribution in [0.1, 0.15) is 32.1 Å². The number of unbranched alkanes of at least 4 members (excludes halogenated alkanes) is 2. The molecule has 1 atom stereocenters. The molecule has 0 saturated carbocycles. The van der Waals surface area contributed by atoms with Gasteiger partial charge in [0.15, 0.2) is 0 Å². The van der Waals surface area contributed by atoms with E-state index < -0.39 is 0 Å². The minimum atomic E-state index is -0.339. The van der Waals surface area contributed by atoms with Gasteiger partial charge in [0.1, 0.15) is 6.29 Å². The Labute approximate surface area is 83.9 Å². The van der Waals surface area contributed by atoms with Gasteiger partial charge in [-0.2, -0.15) is 0 Å². The molecule has 0 unspecified atom stereocenters. The highest BCUT2D eigenvalue weighted by atomic mass is 16.3. The average Bonchev–Trinajstić information content (AvgIpc) is 2.59. The molecule has 0 spiro atoms. The normalized spacial score (nSPS) is 21.2. The van der Waals surface area contributed by atoms with E-state index in [1.165, 1.54) is 0 Å². The molecule has 1 aliphatic heterocycles. The van der Waals surface area contributed by atoms with Crippen molar-refractivity contribution in [1.82, 2.24) is 4.90 Å². The number of aldehydes is 1. The number of amides is 1. The quantitative estimate of drug-likeness (QED) is 0.513. The molecule has 1 fully saturated rings. The molecule has 1 rings (SSSR count). The molecule has 0 bridgehead atoms. The van der Waals surface area contributed by atoms with E-state index in [-0.39, 0.29) is 12.0 Å². The van der Waals surface area contributed by atoms with Gasteiger partial charge in [-0.05, 0) is 19.3 Å². The van der Waals surface area contributed by atoms with E-state index in [4.69, 9.17) is 0 Å². The molecule has 14 heavy (non-hydrogen) atoms. The molecular formula is C10H17NO3. The van der Waals surface area contributed by atoms with Crippen LogP contribution in [-0.4, -0.2) is 41.4 Å². The van der Waals surface area contributed by atoms with Gasteiger partial charge in [-0.25, -0.2) is 0 Å². The highest BCUT2D eigenvalue weighted by molar-refractivity contribution is 5.76. The number of carbonyl (C=O) groups is 2. The number of β-amino-alcohol motifs (C(OH)–C–C–N with tert-alkyl or cyclic N) is 1. The third-order valence-electron chi connectivity index (χ3n) is 2.48. The maximum absolute atomic E-state index is 11.5. The van der Waals surface area contributed by atoms with Crippen molar-refractivity contribution in [3.05, 3.63) is 0 Å². The number of carbonyl (C=O) groups excluding carboxylic acids is 2. The molecule has 0 aromatic rings. The molecule has 0 aliphatic carbocycles. The fourth-order valence-electron chi connectivity index (χ4n) is 1.63. The first-order valence-corrected chi connectivity index (χ1v) is 5.13. The Kier molecular flexibility index (Phi) is 4.59. The average molecular weight is 199 g/mol. The molecule has 1 N–H and O–H groups in total. The highest BCUT2D eigenvalue weighted by Gasteiger charge is 2.23. The van der Waals surface area contributed by atoms with Crippen LogP contribution in [0.25, 0.3) is 0 Å². The minimum Gasteiger partial charge on any atom is -0.391 e. The van der Waals surface area contributed by atoms with Gasteiger partial charge in [-0.3, -0.25) is 4.79 Å². The smallest absolute Gasteiger partial charge is 0.222 e. The summed E-state index contributed by atoms with van der Waals surface area (Å²) in [5, 5.41) is 9.22. The van der Waals surface area contributed by atoms with Crippen LogP contribution in [0.15, 0.2) is 0 Å². The van der Waals surface area contributed by atoms with Crippen molar-refractivity contribution in [1.29, 1.82) is 0 Å². The molecule has 1 amide bonds. The number of aliphatic hydroxyl groups is 1. The van der Waals surface area contributed by atoms with Gasteiger partial charge >= 0.3 is 0 Å². The fraction of sp³-hybridized carbons (Fsp3) is 0.800. The molecule has 0 aromatic heterocycles. The largest absolute Gasteiger partial charge is 0.391 e. The Bertz CT molecular complexity index is 206. The third-order valence-corrected chi connectivity index (χ3v) is 2.48. The Morgan fingerprint density at radius 1 is 1.50 bits per heavy atom. The van der Waals surface area contributed by atoms with Crippen molar-refractivity contribution in [2.75, 3.05) is 13.1 Å². The van der Waals surface area contributed by atoms with Crippen molar-refractivity contribution < 1.29 is 14.7 Å². The number of aliphatic hydroxyl groups excluding tert-OH is 1. The molecule has 0 radical (unpaired) electrons. The lowest BCUT2D eigenvalue weighted by Crippen LogP contribution is -2.29. The topological polar surface area (TPSA) is 57.6 Å². The summed E-state index contributed by atoms with van der Waals surface area (Å²) in [5.41, 5.74) is 0.